The van der Waals surface area contributed by atoms with E-state index in [-0.39, 0.29) is 30.3 Å². The van der Waals surface area contributed by atoms with Gasteiger partial charge >= 0.3 is 0 Å². The summed E-state index contributed by atoms with van der Waals surface area (Å²) in [7, 11) is -4.06. The van der Waals surface area contributed by atoms with Crippen LogP contribution in [0.5, 0.6) is 5.75 Å². The number of halogens is 1. The van der Waals surface area contributed by atoms with Gasteiger partial charge in [-0.1, -0.05) is 12.1 Å². The first-order chi connectivity index (χ1) is 13.8. The zero-order chi connectivity index (χ0) is 20.9. The topological polar surface area (TPSA) is 114 Å². The fourth-order valence-corrected chi connectivity index (χ4v) is 4.37. The quantitative estimate of drug-likeness (QED) is 0.461. The van der Waals surface area contributed by atoms with Gasteiger partial charge in [-0.05, 0) is 54.8 Å². The molecule has 1 amide bonds. The number of amides is 1. The van der Waals surface area contributed by atoms with Gasteiger partial charge in [0.1, 0.15) is 23.7 Å². The molecule has 2 aromatic carbocycles. The van der Waals surface area contributed by atoms with Crippen LogP contribution in [-0.2, 0) is 26.2 Å². The van der Waals surface area contributed by atoms with Crippen LogP contribution in [0.1, 0.15) is 18.4 Å². The smallest absolute Gasteiger partial charge is 0.267 e. The number of carbonyl (C=O) groups is 1. The molecule has 1 fully saturated rings. The lowest BCUT2D eigenvalue weighted by atomic mass is 9.93. The van der Waals surface area contributed by atoms with Gasteiger partial charge < -0.3 is 9.47 Å². The minimum absolute atomic E-state index is 0.0673. The minimum Gasteiger partial charge on any atom is -0.489 e. The zero-order valence-electron chi connectivity index (χ0n) is 15.4. The van der Waals surface area contributed by atoms with Gasteiger partial charge in [-0.3, -0.25) is 10.0 Å². The van der Waals surface area contributed by atoms with Crippen molar-refractivity contribution in [3.05, 3.63) is 59.9 Å². The van der Waals surface area contributed by atoms with Crippen molar-refractivity contribution < 1.29 is 32.3 Å². The number of hydrogen-bond donors (Lipinski definition) is 3. The van der Waals surface area contributed by atoms with Crippen LogP contribution in [0, 0.1) is 5.82 Å². The molecule has 0 bridgehead atoms. The van der Waals surface area contributed by atoms with Crippen molar-refractivity contribution in [3.8, 4) is 5.75 Å². The van der Waals surface area contributed by atoms with Crippen LogP contribution in [-0.4, -0.2) is 38.3 Å². The molecule has 0 spiro atoms. The Morgan fingerprint density at radius 2 is 1.86 bits per heavy atom. The number of nitrogens with one attached hydrogen (secondary N) is 2. The average Bonchev–Trinajstić information content (AvgIpc) is 2.73. The van der Waals surface area contributed by atoms with Crippen LogP contribution in [0.4, 0.5) is 4.39 Å². The summed E-state index contributed by atoms with van der Waals surface area (Å²) in [6.45, 7) is 0.418. The third-order valence-corrected chi connectivity index (χ3v) is 6.11. The highest BCUT2D eigenvalue weighted by molar-refractivity contribution is 7.89. The summed E-state index contributed by atoms with van der Waals surface area (Å²) in [5, 5.41) is 9.00. The Hall–Kier alpha value is -2.53. The maximum absolute atomic E-state index is 12.9. The van der Waals surface area contributed by atoms with Crippen molar-refractivity contribution in [2.24, 2.45) is 0 Å². The molecule has 1 atom stereocenters. The molecule has 1 aliphatic rings. The first-order valence-electron chi connectivity index (χ1n) is 8.88. The van der Waals surface area contributed by atoms with Gasteiger partial charge in [0.05, 0.1) is 11.5 Å². The molecule has 3 rings (SSSR count). The lowest BCUT2D eigenvalue weighted by molar-refractivity contribution is -0.140. The molecule has 2 aromatic rings. The first kappa shape index (κ1) is 21.2. The van der Waals surface area contributed by atoms with Crippen molar-refractivity contribution in [3.63, 3.8) is 0 Å². The molecule has 0 radical (unpaired) electrons. The second-order valence-electron chi connectivity index (χ2n) is 6.67. The normalized spacial score (nSPS) is 19.5. The molecular formula is C19H21FN2O6S. The zero-order valence-corrected chi connectivity index (χ0v) is 16.2. The van der Waals surface area contributed by atoms with Gasteiger partial charge in [-0.2, -0.15) is 4.72 Å². The molecular weight excluding hydrogens is 403 g/mol. The Labute approximate surface area is 167 Å². The van der Waals surface area contributed by atoms with Crippen LogP contribution in [0.25, 0.3) is 0 Å². The highest BCUT2D eigenvalue weighted by atomic mass is 32.2. The average molecular weight is 424 g/mol. The van der Waals surface area contributed by atoms with Crippen molar-refractivity contribution in [1.29, 1.82) is 0 Å². The van der Waals surface area contributed by atoms with Gasteiger partial charge in [0.2, 0.25) is 10.0 Å². The van der Waals surface area contributed by atoms with E-state index in [9.17, 15) is 17.6 Å². The fraction of sp³-hybridized carbons (Fsp3) is 0.316. The monoisotopic (exact) mass is 424 g/mol. The van der Waals surface area contributed by atoms with E-state index in [4.69, 9.17) is 14.7 Å². The van der Waals surface area contributed by atoms with Gasteiger partial charge in [0.15, 0.2) is 0 Å². The SMILES string of the molecule is O=C(NO)C1(NS(=O)(=O)c2ccc(OCc3ccc(F)cc3)cc2)CCCOC1. The van der Waals surface area contributed by atoms with Crippen LogP contribution < -0.4 is 14.9 Å². The summed E-state index contributed by atoms with van der Waals surface area (Å²) in [6.07, 6.45) is 0.656. The van der Waals surface area contributed by atoms with Gasteiger partial charge in [0, 0.05) is 6.61 Å². The van der Waals surface area contributed by atoms with E-state index in [1.807, 2.05) is 0 Å². The lowest BCUT2D eigenvalue weighted by Gasteiger charge is -2.35. The maximum atomic E-state index is 12.9. The molecule has 0 aromatic heterocycles. The molecule has 1 saturated heterocycles. The minimum atomic E-state index is -4.06. The first-order valence-corrected chi connectivity index (χ1v) is 10.4. The molecule has 0 saturated carbocycles. The standard InChI is InChI=1S/C19H21FN2O6S/c20-15-4-2-14(3-5-15)12-28-16-6-8-17(9-7-16)29(25,26)22-19(18(23)21-24)10-1-11-27-13-19/h2-9,22,24H,1,10-13H2,(H,21,23). The van der Waals surface area contributed by atoms with E-state index in [2.05, 4.69) is 4.72 Å². The summed E-state index contributed by atoms with van der Waals surface area (Å²) >= 11 is 0. The van der Waals surface area contributed by atoms with E-state index in [1.165, 1.54) is 41.9 Å². The van der Waals surface area contributed by atoms with Crippen molar-refractivity contribution in [2.75, 3.05) is 13.2 Å². The summed E-state index contributed by atoms with van der Waals surface area (Å²) in [6, 6.07) is 11.5. The number of hydrogen-bond acceptors (Lipinski definition) is 6. The van der Waals surface area contributed by atoms with Gasteiger partial charge in [-0.15, -0.1) is 0 Å². The number of carbonyl (C=O) groups excluding carboxylic acids is 1. The van der Waals surface area contributed by atoms with Gasteiger partial charge in [-0.25, -0.2) is 18.3 Å². The molecule has 1 aliphatic heterocycles. The third-order valence-electron chi connectivity index (χ3n) is 4.56. The number of benzene rings is 2. The van der Waals surface area contributed by atoms with Crippen molar-refractivity contribution >= 4 is 15.9 Å². The molecule has 1 heterocycles. The summed E-state index contributed by atoms with van der Waals surface area (Å²) in [5.74, 6) is -0.788. The van der Waals surface area contributed by atoms with E-state index in [0.717, 1.165) is 5.56 Å². The summed E-state index contributed by atoms with van der Waals surface area (Å²) in [5.41, 5.74) is 0.688. The predicted molar refractivity (Wildman–Crippen MR) is 100 cm³/mol. The summed E-state index contributed by atoms with van der Waals surface area (Å²) < 4.78 is 51.6. The Kier molecular flexibility index (Phi) is 6.48. The number of rotatable bonds is 7. The van der Waals surface area contributed by atoms with E-state index in [1.54, 1.807) is 12.1 Å². The number of hydroxylamine groups is 1. The second kappa shape index (κ2) is 8.87. The molecule has 156 valence electrons. The molecule has 1 unspecified atom stereocenters. The van der Waals surface area contributed by atoms with E-state index >= 15 is 0 Å². The summed E-state index contributed by atoms with van der Waals surface area (Å²) in [4.78, 5) is 12.0. The largest absolute Gasteiger partial charge is 0.489 e. The van der Waals surface area contributed by atoms with E-state index < -0.39 is 21.5 Å². The Bertz CT molecular complexity index is 942. The van der Waals surface area contributed by atoms with Crippen molar-refractivity contribution in [2.45, 2.75) is 29.9 Å². The highest BCUT2D eigenvalue weighted by Crippen LogP contribution is 2.24. The Balaban J connectivity index is 1.70. The highest BCUT2D eigenvalue weighted by Gasteiger charge is 2.44. The van der Waals surface area contributed by atoms with Crippen LogP contribution in [0.2, 0.25) is 0 Å². The van der Waals surface area contributed by atoms with Gasteiger partial charge in [0.25, 0.3) is 5.91 Å². The lowest BCUT2D eigenvalue weighted by Crippen LogP contribution is -2.62. The molecule has 0 aliphatic carbocycles. The van der Waals surface area contributed by atoms with E-state index in [0.29, 0.717) is 18.8 Å². The molecule has 8 nitrogen and oxygen atoms in total. The Morgan fingerprint density at radius 1 is 1.17 bits per heavy atom. The number of ether oxygens (including phenoxy) is 2. The van der Waals surface area contributed by atoms with Crippen LogP contribution in [0.3, 0.4) is 0 Å². The second-order valence-corrected chi connectivity index (χ2v) is 8.35. The molecule has 29 heavy (non-hydrogen) atoms. The van der Waals surface area contributed by atoms with Crippen LogP contribution >= 0.6 is 0 Å². The van der Waals surface area contributed by atoms with Crippen molar-refractivity contribution in [1.82, 2.24) is 10.2 Å². The third kappa shape index (κ3) is 5.10. The Morgan fingerprint density at radius 3 is 2.45 bits per heavy atom. The molecule has 10 heteroatoms. The maximum Gasteiger partial charge on any atom is 0.267 e. The van der Waals surface area contributed by atoms with Crippen LogP contribution in [0.15, 0.2) is 53.4 Å². The molecule has 3 N–H and O–H groups in total. The number of sulfonamides is 1. The fourth-order valence-electron chi connectivity index (χ4n) is 2.99. The predicted octanol–water partition coefficient (Wildman–Crippen LogP) is 1.74.